The van der Waals surface area contributed by atoms with Crippen molar-refractivity contribution >= 4 is 21.7 Å². The van der Waals surface area contributed by atoms with Crippen molar-refractivity contribution in [3.05, 3.63) is 83.4 Å². The van der Waals surface area contributed by atoms with Gasteiger partial charge in [0.05, 0.1) is 22.6 Å². The number of ether oxygens (including phenoxy) is 1. The van der Waals surface area contributed by atoms with Gasteiger partial charge in [-0.25, -0.2) is 8.42 Å². The van der Waals surface area contributed by atoms with Crippen molar-refractivity contribution in [2.24, 2.45) is 0 Å². The third-order valence-electron chi connectivity index (χ3n) is 4.39. The molecule has 0 bridgehead atoms. The number of hydrogen-bond donors (Lipinski definition) is 2. The molecule has 0 aliphatic rings. The van der Waals surface area contributed by atoms with Gasteiger partial charge >= 0.3 is 12.1 Å². The largest absolute Gasteiger partial charge is 0.481 e. The summed E-state index contributed by atoms with van der Waals surface area (Å²) < 4.78 is 72.8. The molecule has 0 fully saturated rings. The lowest BCUT2D eigenvalue weighted by Crippen LogP contribution is -2.15. The molecule has 6 nitrogen and oxygen atoms in total. The highest BCUT2D eigenvalue weighted by molar-refractivity contribution is 7.92. The average molecular weight is 465 g/mol. The maximum atomic E-state index is 13.2. The summed E-state index contributed by atoms with van der Waals surface area (Å²) in [6.07, 6.45) is -4.90. The maximum absolute atomic E-state index is 13.2. The molecule has 3 aromatic carbocycles. The van der Waals surface area contributed by atoms with Crippen LogP contribution in [-0.2, 0) is 27.4 Å². The van der Waals surface area contributed by atoms with Crippen LogP contribution in [0.25, 0.3) is 0 Å². The molecule has 0 aliphatic heterocycles. The number of carboxylic acids is 1. The summed E-state index contributed by atoms with van der Waals surface area (Å²) in [7, 11) is -4.19. The number of anilines is 1. The number of rotatable bonds is 7. The first-order valence-corrected chi connectivity index (χ1v) is 10.7. The summed E-state index contributed by atoms with van der Waals surface area (Å²) in [6, 6.07) is 14.1. The normalized spacial score (nSPS) is 11.8. The lowest BCUT2D eigenvalue weighted by atomic mass is 10.1. The molecule has 0 atom stereocenters. The fraction of sp³-hybridized carbons (Fsp3) is 0.136. The van der Waals surface area contributed by atoms with Gasteiger partial charge in [0.1, 0.15) is 5.75 Å². The Bertz CT molecular complexity index is 1220. The molecule has 0 saturated heterocycles. The third-order valence-corrected chi connectivity index (χ3v) is 5.77. The summed E-state index contributed by atoms with van der Waals surface area (Å²) in [5, 5.41) is 8.83. The van der Waals surface area contributed by atoms with Gasteiger partial charge in [-0.15, -0.1) is 0 Å². The van der Waals surface area contributed by atoms with Crippen LogP contribution in [0.3, 0.4) is 0 Å². The van der Waals surface area contributed by atoms with E-state index in [1.807, 2.05) is 0 Å². The van der Waals surface area contributed by atoms with Crippen molar-refractivity contribution < 1.29 is 36.2 Å². The van der Waals surface area contributed by atoms with E-state index in [1.54, 1.807) is 19.1 Å². The smallest absolute Gasteiger partial charge is 0.416 e. The summed E-state index contributed by atoms with van der Waals surface area (Å²) in [6.45, 7) is 1.77. The summed E-state index contributed by atoms with van der Waals surface area (Å²) in [5.41, 5.74) is -0.130. The number of carbonyl (C=O) groups is 1. The highest BCUT2D eigenvalue weighted by Crippen LogP contribution is 2.37. The molecule has 2 N–H and O–H groups in total. The molecule has 32 heavy (non-hydrogen) atoms. The zero-order valence-corrected chi connectivity index (χ0v) is 17.5. The van der Waals surface area contributed by atoms with Crippen molar-refractivity contribution in [2.75, 3.05) is 4.72 Å². The van der Waals surface area contributed by atoms with Crippen molar-refractivity contribution in [1.29, 1.82) is 0 Å². The number of nitrogens with one attached hydrogen (secondary N) is 1. The molecule has 0 spiro atoms. The van der Waals surface area contributed by atoms with Crippen molar-refractivity contribution in [2.45, 2.75) is 24.4 Å². The standard InChI is InChI=1S/C22H18F3NO5S/c1-14-2-9-18(10-3-14)32(29,30)26-19-13-16(22(23,24)25)6-11-20(19)31-17-7-4-15(5-8-17)12-21(27)28/h2-11,13,26H,12H2,1H3,(H,27,28). The van der Waals surface area contributed by atoms with Gasteiger partial charge in [0.25, 0.3) is 10.0 Å². The number of benzene rings is 3. The van der Waals surface area contributed by atoms with Gasteiger partial charge in [-0.1, -0.05) is 29.8 Å². The Morgan fingerprint density at radius 2 is 1.62 bits per heavy atom. The van der Waals surface area contributed by atoms with Crippen LogP contribution in [0.1, 0.15) is 16.7 Å². The fourth-order valence-corrected chi connectivity index (χ4v) is 3.83. The molecule has 0 heterocycles. The van der Waals surface area contributed by atoms with Gasteiger partial charge in [-0.05, 0) is 55.0 Å². The molecule has 0 aromatic heterocycles. The topological polar surface area (TPSA) is 92.7 Å². The van der Waals surface area contributed by atoms with Crippen LogP contribution in [0, 0.1) is 6.92 Å². The lowest BCUT2D eigenvalue weighted by Gasteiger charge is -2.16. The number of aryl methyl sites for hydroxylation is 1. The molecule has 3 rings (SSSR count). The molecule has 0 unspecified atom stereocenters. The zero-order valence-electron chi connectivity index (χ0n) is 16.7. The zero-order chi connectivity index (χ0) is 23.5. The van der Waals surface area contributed by atoms with Crippen LogP contribution in [0.2, 0.25) is 0 Å². The summed E-state index contributed by atoms with van der Waals surface area (Å²) >= 11 is 0. The Hall–Kier alpha value is -3.53. The minimum absolute atomic E-state index is 0.121. The molecule has 0 radical (unpaired) electrons. The number of halogens is 3. The quantitative estimate of drug-likeness (QED) is 0.498. The van der Waals surface area contributed by atoms with Crippen LogP contribution in [0.5, 0.6) is 11.5 Å². The molecule has 0 aliphatic carbocycles. The van der Waals surface area contributed by atoms with Crippen LogP contribution in [0.15, 0.2) is 71.6 Å². The van der Waals surface area contributed by atoms with Gasteiger partial charge in [-0.2, -0.15) is 13.2 Å². The Morgan fingerprint density at radius 3 is 2.19 bits per heavy atom. The van der Waals surface area contributed by atoms with E-state index in [-0.39, 0.29) is 22.8 Å². The van der Waals surface area contributed by atoms with Crippen LogP contribution >= 0.6 is 0 Å². The molecule has 168 valence electrons. The number of alkyl halides is 3. The van der Waals surface area contributed by atoms with Crippen molar-refractivity contribution in [1.82, 2.24) is 0 Å². The predicted molar refractivity (Wildman–Crippen MR) is 111 cm³/mol. The predicted octanol–water partition coefficient (Wildman–Crippen LogP) is 5.23. The number of hydrogen-bond acceptors (Lipinski definition) is 4. The Kier molecular flexibility index (Phi) is 6.45. The minimum Gasteiger partial charge on any atom is -0.481 e. The van der Waals surface area contributed by atoms with E-state index in [4.69, 9.17) is 9.84 Å². The first-order valence-electron chi connectivity index (χ1n) is 9.23. The van der Waals surface area contributed by atoms with E-state index in [9.17, 15) is 26.4 Å². The van der Waals surface area contributed by atoms with E-state index in [0.29, 0.717) is 11.6 Å². The summed E-state index contributed by atoms with van der Waals surface area (Å²) in [5.74, 6) is -0.983. The van der Waals surface area contributed by atoms with Crippen molar-refractivity contribution in [3.8, 4) is 11.5 Å². The van der Waals surface area contributed by atoms with Gasteiger partial charge in [-0.3, -0.25) is 9.52 Å². The molecular weight excluding hydrogens is 447 g/mol. The number of carboxylic acid groups (broad SMARTS) is 1. The summed E-state index contributed by atoms with van der Waals surface area (Å²) in [4.78, 5) is 10.7. The molecule has 0 amide bonds. The second-order valence-corrected chi connectivity index (χ2v) is 8.63. The van der Waals surface area contributed by atoms with Gasteiger partial charge in [0.2, 0.25) is 0 Å². The molecule has 10 heteroatoms. The van der Waals surface area contributed by atoms with E-state index < -0.39 is 33.4 Å². The monoisotopic (exact) mass is 465 g/mol. The average Bonchev–Trinajstić information content (AvgIpc) is 2.69. The molecule has 3 aromatic rings. The van der Waals surface area contributed by atoms with E-state index in [1.165, 1.54) is 36.4 Å². The Labute approximate surface area is 182 Å². The van der Waals surface area contributed by atoms with Gasteiger partial charge in [0.15, 0.2) is 5.75 Å². The maximum Gasteiger partial charge on any atom is 0.416 e. The highest BCUT2D eigenvalue weighted by atomic mass is 32.2. The number of aliphatic carboxylic acids is 1. The van der Waals surface area contributed by atoms with Gasteiger partial charge < -0.3 is 9.84 Å². The third kappa shape index (κ3) is 5.79. The Morgan fingerprint density at radius 1 is 1.00 bits per heavy atom. The fourth-order valence-electron chi connectivity index (χ4n) is 2.77. The SMILES string of the molecule is Cc1ccc(S(=O)(=O)Nc2cc(C(F)(F)F)ccc2Oc2ccc(CC(=O)O)cc2)cc1. The van der Waals surface area contributed by atoms with Crippen LogP contribution in [0.4, 0.5) is 18.9 Å². The minimum atomic E-state index is -4.69. The van der Waals surface area contributed by atoms with E-state index in [2.05, 4.69) is 4.72 Å². The van der Waals surface area contributed by atoms with Crippen LogP contribution in [-0.4, -0.2) is 19.5 Å². The lowest BCUT2D eigenvalue weighted by molar-refractivity contribution is -0.138. The van der Waals surface area contributed by atoms with Crippen molar-refractivity contribution in [3.63, 3.8) is 0 Å². The van der Waals surface area contributed by atoms with E-state index in [0.717, 1.165) is 17.7 Å². The molecule has 0 saturated carbocycles. The Balaban J connectivity index is 1.95. The number of sulfonamides is 1. The van der Waals surface area contributed by atoms with Crippen LogP contribution < -0.4 is 9.46 Å². The second kappa shape index (κ2) is 8.91. The van der Waals surface area contributed by atoms with E-state index >= 15 is 0 Å². The first-order chi connectivity index (χ1) is 14.9. The second-order valence-electron chi connectivity index (χ2n) is 6.94. The first kappa shape index (κ1) is 23.1. The highest BCUT2D eigenvalue weighted by Gasteiger charge is 2.32. The van der Waals surface area contributed by atoms with Gasteiger partial charge in [0, 0.05) is 0 Å². The molecular formula is C22H18F3NO5S.